The van der Waals surface area contributed by atoms with E-state index < -0.39 is 0 Å². The molecule has 0 radical (unpaired) electrons. The molecule has 0 unspecified atom stereocenters. The van der Waals surface area contributed by atoms with Gasteiger partial charge in [-0.3, -0.25) is 0 Å². The summed E-state index contributed by atoms with van der Waals surface area (Å²) in [6, 6.07) is 2.13. The average Bonchev–Trinajstić information content (AvgIpc) is 2.45. The lowest BCUT2D eigenvalue weighted by molar-refractivity contribution is 0.906. The molecule has 0 fully saturated rings. The Labute approximate surface area is 72.8 Å². The van der Waals surface area contributed by atoms with Gasteiger partial charge in [0.15, 0.2) is 0 Å². The summed E-state index contributed by atoms with van der Waals surface area (Å²) in [6.07, 6.45) is 10.8. The molecule has 0 spiro atoms. The molecule has 0 atom stereocenters. The van der Waals surface area contributed by atoms with Gasteiger partial charge >= 0.3 is 0 Å². The zero-order chi connectivity index (χ0) is 8.39. The summed E-state index contributed by atoms with van der Waals surface area (Å²) in [6.45, 7) is 2.18. The van der Waals surface area contributed by atoms with Gasteiger partial charge in [0.25, 0.3) is 0 Å². The Balaban J connectivity index is 2.36. The van der Waals surface area contributed by atoms with Crippen LogP contribution < -0.4 is 0 Å². The predicted molar refractivity (Wildman–Crippen MR) is 51.9 cm³/mol. The van der Waals surface area contributed by atoms with Crippen molar-refractivity contribution in [3.05, 3.63) is 41.2 Å². The molecule has 0 saturated carbocycles. The van der Waals surface area contributed by atoms with Gasteiger partial charge in [-0.1, -0.05) is 23.8 Å². The van der Waals surface area contributed by atoms with E-state index in [4.69, 9.17) is 0 Å². The monoisotopic (exact) mass is 159 g/mol. The summed E-state index contributed by atoms with van der Waals surface area (Å²) in [5, 5.41) is 0. The number of H-pyrrole nitrogens is 1. The Morgan fingerprint density at radius 2 is 2.25 bits per heavy atom. The molecule has 0 aromatic carbocycles. The number of rotatable bonds is 0. The van der Waals surface area contributed by atoms with Crippen LogP contribution in [0.1, 0.15) is 24.6 Å². The minimum absolute atomic E-state index is 1.13. The van der Waals surface area contributed by atoms with Crippen LogP contribution >= 0.6 is 0 Å². The summed E-state index contributed by atoms with van der Waals surface area (Å²) in [7, 11) is 0. The lowest BCUT2D eigenvalue weighted by atomic mass is 10.0. The van der Waals surface area contributed by atoms with Crippen molar-refractivity contribution in [3.63, 3.8) is 0 Å². The number of aryl methyl sites for hydroxylation is 1. The fraction of sp³-hybridized carbons (Fsp3) is 0.273. The molecule has 1 aliphatic carbocycles. The highest BCUT2D eigenvalue weighted by Gasteiger charge is 2.02. The number of hydrogen-bond acceptors (Lipinski definition) is 0. The van der Waals surface area contributed by atoms with Crippen LogP contribution in [-0.2, 0) is 6.42 Å². The molecule has 1 heteroatoms. The minimum Gasteiger partial charge on any atom is -0.364 e. The Morgan fingerprint density at radius 3 is 3.17 bits per heavy atom. The van der Waals surface area contributed by atoms with Gasteiger partial charge in [-0.15, -0.1) is 0 Å². The summed E-state index contributed by atoms with van der Waals surface area (Å²) in [4.78, 5) is 3.27. The minimum atomic E-state index is 1.13. The van der Waals surface area contributed by atoms with Crippen molar-refractivity contribution in [1.82, 2.24) is 4.98 Å². The van der Waals surface area contributed by atoms with Crippen molar-refractivity contribution in [3.8, 4) is 0 Å². The molecule has 1 heterocycles. The van der Waals surface area contributed by atoms with Gasteiger partial charge < -0.3 is 4.98 Å². The maximum absolute atomic E-state index is 3.27. The highest BCUT2D eigenvalue weighted by molar-refractivity contribution is 5.54. The first-order chi connectivity index (χ1) is 5.86. The Kier molecular flexibility index (Phi) is 1.86. The second kappa shape index (κ2) is 3.02. The lowest BCUT2D eigenvalue weighted by Crippen LogP contribution is -1.91. The summed E-state index contributed by atoms with van der Waals surface area (Å²) in [5.74, 6) is 0. The SMILES string of the molecule is CC1=CC=Cc2cc[nH]c2CC1. The molecule has 1 aliphatic rings. The van der Waals surface area contributed by atoms with Crippen molar-refractivity contribution < 1.29 is 0 Å². The zero-order valence-corrected chi connectivity index (χ0v) is 7.30. The molecule has 62 valence electrons. The van der Waals surface area contributed by atoms with E-state index in [2.05, 4.69) is 36.2 Å². The maximum atomic E-state index is 3.27. The van der Waals surface area contributed by atoms with E-state index in [1.165, 1.54) is 16.8 Å². The van der Waals surface area contributed by atoms with E-state index in [1.54, 1.807) is 0 Å². The van der Waals surface area contributed by atoms with Gasteiger partial charge in [-0.2, -0.15) is 0 Å². The Morgan fingerprint density at radius 1 is 1.33 bits per heavy atom. The second-order valence-corrected chi connectivity index (χ2v) is 3.28. The number of nitrogens with one attached hydrogen (secondary N) is 1. The van der Waals surface area contributed by atoms with E-state index in [9.17, 15) is 0 Å². The normalized spacial score (nSPS) is 16.2. The van der Waals surface area contributed by atoms with Crippen molar-refractivity contribution in [2.45, 2.75) is 19.8 Å². The fourth-order valence-electron chi connectivity index (χ4n) is 1.51. The first kappa shape index (κ1) is 7.41. The lowest BCUT2D eigenvalue weighted by Gasteiger charge is -2.03. The predicted octanol–water partition coefficient (Wildman–Crippen LogP) is 2.92. The van der Waals surface area contributed by atoms with Crippen molar-refractivity contribution in [2.75, 3.05) is 0 Å². The molecular formula is C11H13N. The van der Waals surface area contributed by atoms with E-state index >= 15 is 0 Å². The van der Waals surface area contributed by atoms with Gasteiger partial charge in [0.1, 0.15) is 0 Å². The van der Waals surface area contributed by atoms with Gasteiger partial charge in [0.2, 0.25) is 0 Å². The second-order valence-electron chi connectivity index (χ2n) is 3.28. The van der Waals surface area contributed by atoms with Gasteiger partial charge in [0.05, 0.1) is 0 Å². The van der Waals surface area contributed by atoms with Crippen LogP contribution in [0.15, 0.2) is 30.0 Å². The molecule has 0 amide bonds. The summed E-state index contributed by atoms with van der Waals surface area (Å²) >= 11 is 0. The van der Waals surface area contributed by atoms with Crippen LogP contribution in [0.5, 0.6) is 0 Å². The zero-order valence-electron chi connectivity index (χ0n) is 7.30. The molecule has 1 nitrogen and oxygen atoms in total. The highest BCUT2D eigenvalue weighted by atomic mass is 14.7. The number of aromatic amines is 1. The number of aromatic nitrogens is 1. The molecule has 0 aliphatic heterocycles. The van der Waals surface area contributed by atoms with Crippen molar-refractivity contribution >= 4 is 6.08 Å². The Hall–Kier alpha value is -1.24. The molecule has 12 heavy (non-hydrogen) atoms. The van der Waals surface area contributed by atoms with Crippen LogP contribution in [0.25, 0.3) is 6.08 Å². The average molecular weight is 159 g/mol. The van der Waals surface area contributed by atoms with Crippen LogP contribution in [0.3, 0.4) is 0 Å². The van der Waals surface area contributed by atoms with Crippen LogP contribution in [0, 0.1) is 0 Å². The standard InChI is InChI=1S/C11H13N/c1-9-3-2-4-10-7-8-12-11(10)6-5-9/h2-4,7-8,12H,5-6H2,1H3. The van der Waals surface area contributed by atoms with Crippen molar-refractivity contribution in [2.24, 2.45) is 0 Å². The smallest absolute Gasteiger partial charge is 0.0223 e. The largest absolute Gasteiger partial charge is 0.364 e. The van der Waals surface area contributed by atoms with Gasteiger partial charge in [-0.25, -0.2) is 0 Å². The summed E-state index contributed by atoms with van der Waals surface area (Å²) in [5.41, 5.74) is 4.14. The fourth-order valence-corrected chi connectivity index (χ4v) is 1.51. The third-order valence-electron chi connectivity index (χ3n) is 2.29. The molecular weight excluding hydrogens is 146 g/mol. The molecule has 2 rings (SSSR count). The number of hydrogen-bond donors (Lipinski definition) is 1. The molecule has 1 aromatic heterocycles. The third-order valence-corrected chi connectivity index (χ3v) is 2.29. The van der Waals surface area contributed by atoms with E-state index in [-0.39, 0.29) is 0 Å². The topological polar surface area (TPSA) is 15.8 Å². The van der Waals surface area contributed by atoms with Crippen LogP contribution in [-0.4, -0.2) is 4.98 Å². The van der Waals surface area contributed by atoms with Gasteiger partial charge in [0, 0.05) is 11.9 Å². The quantitative estimate of drug-likeness (QED) is 0.599. The number of fused-ring (bicyclic) bond motifs is 1. The molecule has 0 saturated heterocycles. The first-order valence-corrected chi connectivity index (χ1v) is 4.36. The van der Waals surface area contributed by atoms with Crippen LogP contribution in [0.4, 0.5) is 0 Å². The molecule has 0 bridgehead atoms. The third kappa shape index (κ3) is 1.35. The molecule has 1 N–H and O–H groups in total. The van der Waals surface area contributed by atoms with Gasteiger partial charge in [-0.05, 0) is 31.4 Å². The van der Waals surface area contributed by atoms with Crippen molar-refractivity contribution in [1.29, 1.82) is 0 Å². The van der Waals surface area contributed by atoms with E-state index in [1.807, 2.05) is 6.20 Å². The van der Waals surface area contributed by atoms with E-state index in [0.717, 1.165) is 12.8 Å². The van der Waals surface area contributed by atoms with E-state index in [0.29, 0.717) is 0 Å². The Bertz CT molecular complexity index is 329. The summed E-state index contributed by atoms with van der Waals surface area (Å²) < 4.78 is 0. The van der Waals surface area contributed by atoms with Crippen LogP contribution in [0.2, 0.25) is 0 Å². The number of allylic oxidation sites excluding steroid dienone is 3. The maximum Gasteiger partial charge on any atom is 0.0223 e. The first-order valence-electron chi connectivity index (χ1n) is 4.36. The molecule has 1 aromatic rings. The highest BCUT2D eigenvalue weighted by Crippen LogP contribution is 2.16.